The minimum atomic E-state index is -0.367. The van der Waals surface area contributed by atoms with Crippen LogP contribution < -0.4 is 14.5 Å². The van der Waals surface area contributed by atoms with Crippen LogP contribution in [0.3, 0.4) is 0 Å². The summed E-state index contributed by atoms with van der Waals surface area (Å²) < 4.78 is 9.01. The number of pyridine rings is 1. The van der Waals surface area contributed by atoms with E-state index in [9.17, 15) is 0 Å². The van der Waals surface area contributed by atoms with Crippen LogP contribution >= 0.6 is 0 Å². The average molecular weight is 1130 g/mol. The topological polar surface area (TPSA) is 33.5 Å². The van der Waals surface area contributed by atoms with Crippen molar-refractivity contribution in [2.24, 2.45) is 0 Å². The van der Waals surface area contributed by atoms with Gasteiger partial charge in [0.05, 0.1) is 0 Å². The molecule has 6 heteroatoms. The average Bonchev–Trinajstić information content (AvgIpc) is 4.10. The molecular weight excluding hydrogens is 1080 g/mol. The standard InChI is InChI=1S/C68H45N4O.Pt/c1-68(60-31-14-11-28-54(60)55-29-12-15-32-61(55)68)50-38-39-69-66(42-50)72-62-33-16-13-30-56(62)57-37-36-53(44-65(57)72)73-52-27-19-26-51(43-52)70-45-71(64-35-18-17-34-63(64)70)67-58(47-22-7-3-8-23-47)40-49(46-20-5-2-6-21-46)41-59(67)48-24-9-4-10-25-48;/h2-42,45H,1H3;/q-3;. The molecule has 0 spiro atoms. The van der Waals surface area contributed by atoms with Gasteiger partial charge >= 0.3 is 0 Å². The van der Waals surface area contributed by atoms with Crippen LogP contribution in [0.4, 0.5) is 22.7 Å². The van der Waals surface area contributed by atoms with E-state index >= 15 is 0 Å². The van der Waals surface area contributed by atoms with Gasteiger partial charge in [-0.25, -0.2) is 4.98 Å². The zero-order valence-electron chi connectivity index (χ0n) is 40.3. The molecule has 0 saturated carbocycles. The molecule has 2 aliphatic rings. The molecule has 1 aliphatic heterocycles. The minimum Gasteiger partial charge on any atom is -0.509 e. The van der Waals surface area contributed by atoms with E-state index < -0.39 is 0 Å². The van der Waals surface area contributed by atoms with Crippen LogP contribution in [0.25, 0.3) is 72.1 Å². The Morgan fingerprint density at radius 3 is 1.70 bits per heavy atom. The number of nitrogens with zero attached hydrogens (tertiary/aromatic N) is 4. The summed E-state index contributed by atoms with van der Waals surface area (Å²) in [6.07, 6.45) is 1.94. The largest absolute Gasteiger partial charge is 0.509 e. The second-order valence-electron chi connectivity index (χ2n) is 18.9. The number of ether oxygens (including phenoxy) is 1. The fraction of sp³-hybridized carbons (Fsp3) is 0.0294. The SMILES string of the molecule is CC1(c2ccnc(-n3c4[c-]c(Oc5[c-]c(N6[CH-]N(c7c(-c8ccccc8)cc(-c8ccccc8)cc7-c7ccccc7)c7ccccc76)ccc5)ccc4c4ccccc43)c2)c2ccccc2-c2ccccc21.[Pt]. The summed E-state index contributed by atoms with van der Waals surface area (Å²) in [4.78, 5) is 9.61. The maximum atomic E-state index is 6.78. The number of aromatic nitrogens is 2. The van der Waals surface area contributed by atoms with E-state index in [1.54, 1.807) is 0 Å². The summed E-state index contributed by atoms with van der Waals surface area (Å²) >= 11 is 0. The van der Waals surface area contributed by atoms with Gasteiger partial charge in [-0.2, -0.15) is 12.1 Å². The fourth-order valence-corrected chi connectivity index (χ4v) is 11.4. The van der Waals surface area contributed by atoms with Gasteiger partial charge in [-0.05, 0) is 105 Å². The van der Waals surface area contributed by atoms with Crippen molar-refractivity contribution in [1.82, 2.24) is 9.55 Å². The number of rotatable bonds is 9. The molecule has 5 nitrogen and oxygen atoms in total. The first-order valence-electron chi connectivity index (χ1n) is 24.8. The third kappa shape index (κ3) is 7.38. The molecule has 1 aliphatic carbocycles. The van der Waals surface area contributed by atoms with E-state index in [0.29, 0.717) is 11.5 Å². The summed E-state index contributed by atoms with van der Waals surface area (Å²) in [5.74, 6) is 1.98. The van der Waals surface area contributed by atoms with Gasteiger partial charge in [-0.3, -0.25) is 0 Å². The minimum absolute atomic E-state index is 0. The predicted molar refractivity (Wildman–Crippen MR) is 298 cm³/mol. The van der Waals surface area contributed by atoms with Crippen LogP contribution in [-0.2, 0) is 26.5 Å². The van der Waals surface area contributed by atoms with E-state index in [4.69, 9.17) is 9.72 Å². The molecule has 0 atom stereocenters. The number of anilines is 4. The van der Waals surface area contributed by atoms with Gasteiger partial charge in [0.15, 0.2) is 0 Å². The van der Waals surface area contributed by atoms with Crippen molar-refractivity contribution in [2.45, 2.75) is 12.3 Å². The maximum Gasteiger partial charge on any atom is 0.135 e. The van der Waals surface area contributed by atoms with Gasteiger partial charge in [0.2, 0.25) is 0 Å². The van der Waals surface area contributed by atoms with Crippen LogP contribution in [0.15, 0.2) is 249 Å². The molecule has 0 saturated heterocycles. The molecule has 0 amide bonds. The second kappa shape index (κ2) is 18.4. The van der Waals surface area contributed by atoms with Crippen molar-refractivity contribution in [3.63, 3.8) is 0 Å². The Morgan fingerprint density at radius 1 is 0.459 bits per heavy atom. The predicted octanol–water partition coefficient (Wildman–Crippen LogP) is 17.3. The Bertz CT molecular complexity index is 3970. The maximum absolute atomic E-state index is 6.78. The van der Waals surface area contributed by atoms with Crippen molar-refractivity contribution in [1.29, 1.82) is 0 Å². The first kappa shape index (κ1) is 45.1. The molecule has 3 heterocycles. The van der Waals surface area contributed by atoms with E-state index in [1.807, 2.05) is 24.4 Å². The normalized spacial score (nSPS) is 13.1. The van der Waals surface area contributed by atoms with Gasteiger partial charge in [0.1, 0.15) is 5.82 Å². The molecular formula is C68H45N4OPt-3. The van der Waals surface area contributed by atoms with Gasteiger partial charge in [0.25, 0.3) is 0 Å². The zero-order valence-corrected chi connectivity index (χ0v) is 42.5. The third-order valence-electron chi connectivity index (χ3n) is 14.8. The number of hydrogen-bond donors (Lipinski definition) is 0. The summed E-state index contributed by atoms with van der Waals surface area (Å²) in [6.45, 7) is 4.53. The van der Waals surface area contributed by atoms with Gasteiger partial charge in [-0.15, -0.1) is 48.1 Å². The summed E-state index contributed by atoms with van der Waals surface area (Å²) in [6, 6.07) is 93.4. The van der Waals surface area contributed by atoms with E-state index in [1.165, 1.54) is 27.8 Å². The van der Waals surface area contributed by atoms with E-state index in [0.717, 1.165) is 83.8 Å². The molecule has 356 valence electrons. The van der Waals surface area contributed by atoms with Crippen LogP contribution in [0.2, 0.25) is 0 Å². The first-order chi connectivity index (χ1) is 36.1. The first-order valence-corrected chi connectivity index (χ1v) is 24.8. The van der Waals surface area contributed by atoms with Crippen LogP contribution in [-0.4, -0.2) is 9.55 Å². The molecule has 2 aromatic heterocycles. The number of para-hydroxylation sites is 3. The monoisotopic (exact) mass is 1130 g/mol. The number of benzene rings is 10. The van der Waals surface area contributed by atoms with Crippen molar-refractivity contribution in [3.05, 3.63) is 284 Å². The number of hydrogen-bond acceptors (Lipinski definition) is 4. The Labute approximate surface area is 445 Å². The third-order valence-corrected chi connectivity index (χ3v) is 14.8. The second-order valence-corrected chi connectivity index (χ2v) is 18.9. The van der Waals surface area contributed by atoms with Gasteiger partial charge < -0.3 is 19.1 Å². The summed E-state index contributed by atoms with van der Waals surface area (Å²) in [7, 11) is 0. The molecule has 12 aromatic rings. The molecule has 0 bridgehead atoms. The summed E-state index contributed by atoms with van der Waals surface area (Å²) in [5, 5.41) is 2.19. The van der Waals surface area contributed by atoms with Crippen molar-refractivity contribution in [3.8, 4) is 61.8 Å². The quantitative estimate of drug-likeness (QED) is 0.135. The number of fused-ring (bicyclic) bond motifs is 7. The molecule has 0 unspecified atom stereocenters. The molecule has 0 N–H and O–H groups in total. The molecule has 0 radical (unpaired) electrons. The zero-order chi connectivity index (χ0) is 48.5. The van der Waals surface area contributed by atoms with E-state index in [-0.39, 0.29) is 26.5 Å². The van der Waals surface area contributed by atoms with Crippen molar-refractivity contribution < 1.29 is 25.8 Å². The molecule has 14 rings (SSSR count). The van der Waals surface area contributed by atoms with Crippen LogP contribution in [0, 0.1) is 18.8 Å². The van der Waals surface area contributed by atoms with Gasteiger partial charge in [-0.1, -0.05) is 175 Å². The van der Waals surface area contributed by atoms with Crippen molar-refractivity contribution in [2.75, 3.05) is 9.80 Å². The Kier molecular flexibility index (Phi) is 11.2. The molecule has 10 aromatic carbocycles. The Hall–Kier alpha value is -8.76. The molecule has 74 heavy (non-hydrogen) atoms. The Balaban J connectivity index is 0.00000528. The van der Waals surface area contributed by atoms with Gasteiger partial charge in [0, 0.05) is 77.9 Å². The summed E-state index contributed by atoms with van der Waals surface area (Å²) in [5.41, 5.74) is 18.8. The van der Waals surface area contributed by atoms with E-state index in [2.05, 4.69) is 265 Å². The van der Waals surface area contributed by atoms with Crippen LogP contribution in [0.5, 0.6) is 11.5 Å². The smallest absolute Gasteiger partial charge is 0.135 e. The van der Waals surface area contributed by atoms with Crippen molar-refractivity contribution >= 4 is 44.6 Å². The Morgan fingerprint density at radius 2 is 1.03 bits per heavy atom. The fourth-order valence-electron chi connectivity index (χ4n) is 11.4. The molecule has 0 fully saturated rings. The van der Waals surface area contributed by atoms with Crippen LogP contribution in [0.1, 0.15) is 23.6 Å².